The first-order valence-corrected chi connectivity index (χ1v) is 6.84. The van der Waals surface area contributed by atoms with Gasteiger partial charge in [-0.25, -0.2) is 4.98 Å². The molecule has 0 aliphatic carbocycles. The Hall–Kier alpha value is -1.68. The molecule has 1 fully saturated rings. The number of carbonyl (C=O) groups is 1. The highest BCUT2D eigenvalue weighted by molar-refractivity contribution is 6.18. The van der Waals surface area contributed by atoms with E-state index in [0.717, 1.165) is 23.3 Å². The van der Waals surface area contributed by atoms with Crippen LogP contribution in [0.15, 0.2) is 30.5 Å². The summed E-state index contributed by atoms with van der Waals surface area (Å²) in [4.78, 5) is 22.5. The largest absolute Gasteiger partial charge is 0.336 e. The summed E-state index contributed by atoms with van der Waals surface area (Å²) < 4.78 is 0. The van der Waals surface area contributed by atoms with Gasteiger partial charge < -0.3 is 4.90 Å². The molecule has 0 N–H and O–H groups in total. The number of nitrogens with zero attached hydrogens (tertiary/aromatic N) is 3. The van der Waals surface area contributed by atoms with Crippen LogP contribution in [0.2, 0.25) is 0 Å². The Morgan fingerprint density at radius 1 is 1.32 bits per heavy atom. The molecule has 4 nitrogen and oxygen atoms in total. The van der Waals surface area contributed by atoms with E-state index < -0.39 is 0 Å². The van der Waals surface area contributed by atoms with Crippen molar-refractivity contribution in [3.63, 3.8) is 0 Å². The predicted octanol–water partition coefficient (Wildman–Crippen LogP) is 2.22. The highest BCUT2D eigenvalue weighted by atomic mass is 35.5. The van der Waals surface area contributed by atoms with Gasteiger partial charge in [0.05, 0.1) is 29.5 Å². The molecule has 1 aliphatic heterocycles. The Bertz CT molecular complexity index is 616. The summed E-state index contributed by atoms with van der Waals surface area (Å²) in [5, 5.41) is 0. The standard InChI is InChI=1S/C14H14ClN3O/c15-6-10-5-14(19)18(8-10)9-11-7-16-12-3-1-2-4-13(12)17-11/h1-4,7,10H,5-6,8-9H2. The summed E-state index contributed by atoms with van der Waals surface area (Å²) in [6.45, 7) is 1.24. The lowest BCUT2D eigenvalue weighted by molar-refractivity contribution is -0.128. The number of hydrogen-bond donors (Lipinski definition) is 0. The molecule has 19 heavy (non-hydrogen) atoms. The molecule has 1 aliphatic rings. The quantitative estimate of drug-likeness (QED) is 0.807. The monoisotopic (exact) mass is 275 g/mol. The third kappa shape index (κ3) is 2.54. The van der Waals surface area contributed by atoms with Crippen LogP contribution in [0.3, 0.4) is 0 Å². The summed E-state index contributed by atoms with van der Waals surface area (Å²) in [6.07, 6.45) is 2.29. The fourth-order valence-corrected chi connectivity index (χ4v) is 2.58. The van der Waals surface area contributed by atoms with Crippen molar-refractivity contribution < 1.29 is 4.79 Å². The van der Waals surface area contributed by atoms with E-state index in [2.05, 4.69) is 9.97 Å². The van der Waals surface area contributed by atoms with Crippen LogP contribution in [0.25, 0.3) is 11.0 Å². The minimum absolute atomic E-state index is 0.153. The first kappa shape index (κ1) is 12.4. The second-order valence-electron chi connectivity index (χ2n) is 4.85. The van der Waals surface area contributed by atoms with Crippen LogP contribution in [0.5, 0.6) is 0 Å². The Labute approximate surface area is 116 Å². The van der Waals surface area contributed by atoms with Gasteiger partial charge in [-0.05, 0) is 18.1 Å². The molecule has 0 bridgehead atoms. The van der Waals surface area contributed by atoms with Crippen molar-refractivity contribution in [1.29, 1.82) is 0 Å². The Morgan fingerprint density at radius 3 is 2.84 bits per heavy atom. The number of rotatable bonds is 3. The zero-order valence-electron chi connectivity index (χ0n) is 10.4. The van der Waals surface area contributed by atoms with Crippen molar-refractivity contribution in [2.45, 2.75) is 13.0 Å². The van der Waals surface area contributed by atoms with Crippen LogP contribution in [0.4, 0.5) is 0 Å². The van der Waals surface area contributed by atoms with Crippen molar-refractivity contribution in [1.82, 2.24) is 14.9 Å². The Balaban J connectivity index is 1.80. The molecule has 2 heterocycles. The van der Waals surface area contributed by atoms with Crippen molar-refractivity contribution in [2.24, 2.45) is 5.92 Å². The molecule has 1 atom stereocenters. The van der Waals surface area contributed by atoms with Crippen molar-refractivity contribution >= 4 is 28.5 Å². The number of aromatic nitrogens is 2. The van der Waals surface area contributed by atoms with Crippen molar-refractivity contribution in [3.05, 3.63) is 36.2 Å². The Morgan fingerprint density at radius 2 is 2.11 bits per heavy atom. The molecule has 0 radical (unpaired) electrons. The highest BCUT2D eigenvalue weighted by Gasteiger charge is 2.29. The van der Waals surface area contributed by atoms with Crippen molar-refractivity contribution in [3.8, 4) is 0 Å². The lowest BCUT2D eigenvalue weighted by Crippen LogP contribution is -2.25. The lowest BCUT2D eigenvalue weighted by atomic mass is 10.1. The van der Waals surface area contributed by atoms with Gasteiger partial charge >= 0.3 is 0 Å². The molecule has 3 rings (SSSR count). The van der Waals surface area contributed by atoms with E-state index in [0.29, 0.717) is 18.8 Å². The normalized spacial score (nSPS) is 19.3. The lowest BCUT2D eigenvalue weighted by Gasteiger charge is -2.15. The van der Waals surface area contributed by atoms with Crippen LogP contribution in [0, 0.1) is 5.92 Å². The number of carbonyl (C=O) groups excluding carboxylic acids is 1. The van der Waals surface area contributed by atoms with E-state index in [1.165, 1.54) is 0 Å². The van der Waals surface area contributed by atoms with E-state index in [1.807, 2.05) is 29.2 Å². The topological polar surface area (TPSA) is 46.1 Å². The van der Waals surface area contributed by atoms with Gasteiger partial charge in [-0.1, -0.05) is 12.1 Å². The van der Waals surface area contributed by atoms with Gasteiger partial charge in [-0.3, -0.25) is 9.78 Å². The van der Waals surface area contributed by atoms with Crippen LogP contribution in [-0.2, 0) is 11.3 Å². The SMILES string of the molecule is O=C1CC(CCl)CN1Cc1cnc2ccccc2n1. The predicted molar refractivity (Wildman–Crippen MR) is 73.8 cm³/mol. The fraction of sp³-hybridized carbons (Fsp3) is 0.357. The van der Waals surface area contributed by atoms with E-state index >= 15 is 0 Å². The number of likely N-dealkylation sites (tertiary alicyclic amines) is 1. The summed E-state index contributed by atoms with van der Waals surface area (Å²) in [7, 11) is 0. The molecular formula is C14H14ClN3O. The fourth-order valence-electron chi connectivity index (χ4n) is 2.38. The maximum absolute atomic E-state index is 11.8. The number of hydrogen-bond acceptors (Lipinski definition) is 3. The number of halogens is 1. The van der Waals surface area contributed by atoms with E-state index in [9.17, 15) is 4.79 Å². The summed E-state index contributed by atoms with van der Waals surface area (Å²) in [5.74, 6) is 0.953. The van der Waals surface area contributed by atoms with Gasteiger partial charge in [0.1, 0.15) is 0 Å². The molecule has 5 heteroatoms. The second kappa shape index (κ2) is 5.13. The molecule has 0 spiro atoms. The Kier molecular flexibility index (Phi) is 3.34. The smallest absolute Gasteiger partial charge is 0.223 e. The van der Waals surface area contributed by atoms with Crippen LogP contribution >= 0.6 is 11.6 Å². The average Bonchev–Trinajstić information content (AvgIpc) is 2.79. The van der Waals surface area contributed by atoms with E-state index in [-0.39, 0.29) is 11.8 Å². The molecule has 0 saturated carbocycles. The highest BCUT2D eigenvalue weighted by Crippen LogP contribution is 2.21. The number of para-hydroxylation sites is 2. The summed E-state index contributed by atoms with van der Waals surface area (Å²) in [6, 6.07) is 7.73. The van der Waals surface area contributed by atoms with Gasteiger partial charge in [0.25, 0.3) is 0 Å². The van der Waals surface area contributed by atoms with Crippen LogP contribution in [0.1, 0.15) is 12.1 Å². The molecule has 1 unspecified atom stereocenters. The maximum Gasteiger partial charge on any atom is 0.223 e. The second-order valence-corrected chi connectivity index (χ2v) is 5.16. The molecule has 98 valence electrons. The molecule has 1 aromatic carbocycles. The molecule has 1 amide bonds. The van der Waals surface area contributed by atoms with Crippen molar-refractivity contribution in [2.75, 3.05) is 12.4 Å². The van der Waals surface area contributed by atoms with Gasteiger partial charge in [-0.15, -0.1) is 11.6 Å². The number of benzene rings is 1. The molecule has 1 saturated heterocycles. The van der Waals surface area contributed by atoms with Crippen LogP contribution < -0.4 is 0 Å². The molecule has 2 aromatic rings. The van der Waals surface area contributed by atoms with Gasteiger partial charge in [-0.2, -0.15) is 0 Å². The average molecular weight is 276 g/mol. The van der Waals surface area contributed by atoms with Crippen LogP contribution in [-0.4, -0.2) is 33.2 Å². The summed E-state index contributed by atoms with van der Waals surface area (Å²) in [5.41, 5.74) is 2.56. The zero-order chi connectivity index (χ0) is 13.2. The first-order chi connectivity index (χ1) is 9.26. The van der Waals surface area contributed by atoms with Gasteiger partial charge in [0.2, 0.25) is 5.91 Å². The third-order valence-corrected chi connectivity index (χ3v) is 3.80. The molecular weight excluding hydrogens is 262 g/mol. The van der Waals surface area contributed by atoms with E-state index in [1.54, 1.807) is 6.20 Å². The number of alkyl halides is 1. The van der Waals surface area contributed by atoms with Gasteiger partial charge in [0.15, 0.2) is 0 Å². The zero-order valence-corrected chi connectivity index (χ0v) is 11.2. The van der Waals surface area contributed by atoms with E-state index in [4.69, 9.17) is 11.6 Å². The van der Waals surface area contributed by atoms with Gasteiger partial charge in [0, 0.05) is 18.8 Å². The number of fused-ring (bicyclic) bond motifs is 1. The number of amides is 1. The minimum atomic E-state index is 0.153. The third-order valence-electron chi connectivity index (χ3n) is 3.36. The first-order valence-electron chi connectivity index (χ1n) is 6.30. The summed E-state index contributed by atoms with van der Waals surface area (Å²) >= 11 is 5.81. The molecule has 1 aromatic heterocycles. The minimum Gasteiger partial charge on any atom is -0.336 e. The maximum atomic E-state index is 11.8.